The zero-order chi connectivity index (χ0) is 90.4. The molecule has 0 aromatic heterocycles. The highest BCUT2D eigenvalue weighted by Gasteiger charge is 2.37. The van der Waals surface area contributed by atoms with E-state index in [1.807, 2.05) is 69.2 Å². The van der Waals surface area contributed by atoms with Crippen LogP contribution in [0, 0.1) is 29.6 Å². The Morgan fingerprint density at radius 3 is 0.878 bits per heavy atom. The number of ether oxygens (including phenoxy) is 15. The first kappa shape index (κ1) is 107. The zero-order valence-corrected chi connectivity index (χ0v) is 75.1. The van der Waals surface area contributed by atoms with Crippen molar-refractivity contribution in [1.82, 2.24) is 47.9 Å². The Balaban J connectivity index is 1.73. The van der Waals surface area contributed by atoms with Gasteiger partial charge in [-0.1, -0.05) is 87.8 Å². The molecule has 4 rings (SSSR count). The second kappa shape index (κ2) is 61.5. The molecule has 0 saturated carbocycles. The van der Waals surface area contributed by atoms with Gasteiger partial charge < -0.3 is 134 Å². The average molecular weight is 1750 g/mol. The molecular formula is C87H147N9O27. The summed E-state index contributed by atoms with van der Waals surface area (Å²) in [6, 6.07) is 0.923. The lowest BCUT2D eigenvalue weighted by Crippen LogP contribution is -2.61. The van der Waals surface area contributed by atoms with Crippen LogP contribution in [-0.4, -0.2) is 307 Å². The minimum Gasteiger partial charge on any atom is -0.487 e. The van der Waals surface area contributed by atoms with Gasteiger partial charge in [0.15, 0.2) is 23.0 Å². The fourth-order valence-electron chi connectivity index (χ4n) is 12.7. The number of amides is 9. The van der Waals surface area contributed by atoms with Crippen LogP contribution in [0.1, 0.15) is 159 Å². The molecule has 12 N–H and O–H groups in total. The molecule has 36 nitrogen and oxygen atoms in total. The molecule has 2 aliphatic heterocycles. The molecule has 702 valence electrons. The maximum absolute atomic E-state index is 15.3. The maximum atomic E-state index is 15.3. The Labute approximate surface area is 726 Å². The molecule has 2 aromatic rings. The molecular weight excluding hydrogens is 1600 g/mol. The van der Waals surface area contributed by atoms with Crippen LogP contribution < -0.4 is 66.8 Å². The van der Waals surface area contributed by atoms with Crippen LogP contribution in [0.25, 0.3) is 0 Å². The molecule has 0 spiro atoms. The summed E-state index contributed by atoms with van der Waals surface area (Å²) in [5, 5.41) is 54.6. The van der Waals surface area contributed by atoms with Gasteiger partial charge in [0.05, 0.1) is 152 Å². The minimum atomic E-state index is -1.57. The molecule has 123 heavy (non-hydrogen) atoms. The maximum Gasteiger partial charge on any atom is 0.408 e. The first-order valence-corrected chi connectivity index (χ1v) is 43.6. The summed E-state index contributed by atoms with van der Waals surface area (Å²) < 4.78 is 87.2. The second-order valence-electron chi connectivity index (χ2n) is 33.6. The van der Waals surface area contributed by atoms with Crippen LogP contribution in [0.3, 0.4) is 0 Å². The Bertz CT molecular complexity index is 3350. The van der Waals surface area contributed by atoms with E-state index in [1.165, 1.54) is 0 Å². The van der Waals surface area contributed by atoms with Crippen molar-refractivity contribution in [3.63, 3.8) is 0 Å². The van der Waals surface area contributed by atoms with Gasteiger partial charge in [-0.05, 0) is 131 Å². The fourth-order valence-corrected chi connectivity index (χ4v) is 12.7. The van der Waals surface area contributed by atoms with Gasteiger partial charge in [0.25, 0.3) is 0 Å². The number of aliphatic hydroxyl groups excluding tert-OH is 3. The number of aliphatic hydroxyl groups is 3. The van der Waals surface area contributed by atoms with E-state index in [-0.39, 0.29) is 165 Å². The number of hydrogen-bond donors (Lipinski definition) is 12. The van der Waals surface area contributed by atoms with E-state index in [0.29, 0.717) is 134 Å². The number of nitrogens with one attached hydrogen (secondary N) is 9. The molecule has 2 aromatic carbocycles. The van der Waals surface area contributed by atoms with Crippen LogP contribution in [0.5, 0.6) is 23.0 Å². The smallest absolute Gasteiger partial charge is 0.408 e. The molecule has 9 amide bonds. The van der Waals surface area contributed by atoms with Gasteiger partial charge in [-0.25, -0.2) is 4.79 Å². The van der Waals surface area contributed by atoms with Gasteiger partial charge >= 0.3 is 6.09 Å². The van der Waals surface area contributed by atoms with Gasteiger partial charge in [-0.15, -0.1) is 0 Å². The molecule has 7 atom stereocenters. The van der Waals surface area contributed by atoms with Crippen LogP contribution in [-0.2, 0) is 103 Å². The second-order valence-corrected chi connectivity index (χ2v) is 33.6. The van der Waals surface area contributed by atoms with Crippen molar-refractivity contribution < 1.29 is 130 Å². The molecule has 0 bridgehead atoms. The number of fused-ring (bicyclic) bond motifs is 2. The van der Waals surface area contributed by atoms with Crippen LogP contribution >= 0.6 is 0 Å². The topological polar surface area (TPSA) is 461 Å². The van der Waals surface area contributed by atoms with Gasteiger partial charge in [0, 0.05) is 25.8 Å². The molecule has 36 heteroatoms. The van der Waals surface area contributed by atoms with Crippen molar-refractivity contribution in [2.45, 2.75) is 214 Å². The van der Waals surface area contributed by atoms with E-state index >= 15 is 24.0 Å². The summed E-state index contributed by atoms with van der Waals surface area (Å²) in [6.07, 6.45) is 0.519. The zero-order valence-electron chi connectivity index (χ0n) is 75.1. The van der Waals surface area contributed by atoms with Crippen molar-refractivity contribution >= 4 is 53.4 Å². The van der Waals surface area contributed by atoms with Crippen molar-refractivity contribution in [3.8, 4) is 23.0 Å². The summed E-state index contributed by atoms with van der Waals surface area (Å²) in [5.74, 6) is -5.31. The van der Waals surface area contributed by atoms with Gasteiger partial charge in [-0.2, -0.15) is 0 Å². The van der Waals surface area contributed by atoms with Crippen LogP contribution in [0.2, 0.25) is 0 Å². The summed E-state index contributed by atoms with van der Waals surface area (Å²) >= 11 is 0. The van der Waals surface area contributed by atoms with E-state index in [1.54, 1.807) is 57.2 Å². The lowest BCUT2D eigenvalue weighted by molar-refractivity contribution is -0.136. The summed E-state index contributed by atoms with van der Waals surface area (Å²) in [6.45, 7) is 28.5. The third-order valence-corrected chi connectivity index (χ3v) is 18.8. The normalized spacial score (nSPS) is 17.3. The number of benzene rings is 2. The molecule has 0 radical (unpaired) electrons. The van der Waals surface area contributed by atoms with E-state index in [0.717, 1.165) is 0 Å². The summed E-state index contributed by atoms with van der Waals surface area (Å²) in [5.41, 5.74) is -1.52. The van der Waals surface area contributed by atoms with Crippen molar-refractivity contribution in [2.75, 3.05) is 185 Å². The predicted molar refractivity (Wildman–Crippen MR) is 456 cm³/mol. The van der Waals surface area contributed by atoms with E-state index in [2.05, 4.69) is 47.9 Å². The van der Waals surface area contributed by atoms with Crippen LogP contribution in [0.4, 0.5) is 4.79 Å². The summed E-state index contributed by atoms with van der Waals surface area (Å²) in [7, 11) is 0. The van der Waals surface area contributed by atoms with Crippen molar-refractivity contribution in [1.29, 1.82) is 0 Å². The van der Waals surface area contributed by atoms with Crippen molar-refractivity contribution in [2.24, 2.45) is 29.6 Å². The molecule has 0 aliphatic carbocycles. The number of rotatable bonds is 38. The van der Waals surface area contributed by atoms with Crippen LogP contribution in [0.15, 0.2) is 36.4 Å². The third kappa shape index (κ3) is 47.3. The van der Waals surface area contributed by atoms with E-state index in [4.69, 9.17) is 71.1 Å². The monoisotopic (exact) mass is 1750 g/mol. The van der Waals surface area contributed by atoms with Gasteiger partial charge in [-0.3, -0.25) is 38.4 Å². The molecule has 0 fully saturated rings. The van der Waals surface area contributed by atoms with Gasteiger partial charge in [0.2, 0.25) is 47.3 Å². The highest BCUT2D eigenvalue weighted by molar-refractivity contribution is 5.98. The quantitative estimate of drug-likeness (QED) is 0.0426. The Hall–Kier alpha value is -7.85. The fraction of sp³-hybridized carbons (Fsp3) is 0.759. The lowest BCUT2D eigenvalue weighted by atomic mass is 9.97. The average Bonchev–Trinajstić information content (AvgIpc) is 0.835. The Morgan fingerprint density at radius 2 is 0.593 bits per heavy atom. The number of alkyl carbamates (subject to hydrolysis) is 1. The Morgan fingerprint density at radius 1 is 0.333 bits per heavy atom. The molecule has 2 heterocycles. The van der Waals surface area contributed by atoms with Crippen molar-refractivity contribution in [3.05, 3.63) is 47.5 Å². The third-order valence-electron chi connectivity index (χ3n) is 18.8. The van der Waals surface area contributed by atoms with E-state index < -0.39 is 127 Å². The number of hydrogen-bond acceptors (Lipinski definition) is 27. The summed E-state index contributed by atoms with van der Waals surface area (Å²) in [4.78, 5) is 131. The highest BCUT2D eigenvalue weighted by atomic mass is 16.6. The first-order valence-electron chi connectivity index (χ1n) is 43.6. The molecule has 0 saturated heterocycles. The SMILES string of the molecule is CC(C)C[C@H](NC(=O)OC(C)(C)C)C(=O)N[C@@H](Cc1ccc2c(c1)OCCOCCOCCOCCOCCOCCO2)C(=O)N[C@@H](CC(C)C)C(=O)N[C@@H](CC(C)C)C(=O)N[C@@H](CC(C)C)C(=O)N[C@@H](Cc1ccc2c(c1)OCCOCCOCCOCCOCCOCCO2)C(=O)N[C@@H](CC(C)C)C(=O)NCCCCCC(=O)NC(CO)(CO)CO. The highest BCUT2D eigenvalue weighted by Crippen LogP contribution is 2.31. The van der Waals surface area contributed by atoms with E-state index in [9.17, 15) is 34.5 Å². The Kier molecular flexibility index (Phi) is 53.7. The van der Waals surface area contributed by atoms with Gasteiger partial charge in [0.1, 0.15) is 79.9 Å². The standard InChI is InChI=1S/C87H147N9O27/c1-59(2)47-66(78(101)88-22-16-14-15-17-77(100)96-87(56-97,57-98)58-99)89-83(106)71(52-64-18-20-73-75(54-64)121-45-41-117-37-33-113-29-25-109-23-27-111-31-35-115-39-43-119-73)93-81(104)69(50-62(7)8)91-79(102)67(48-60(3)4)90-80(103)68(49-61(5)6)92-84(107)72(94-82(105)70(51-63(9)10)95-85(108)123-86(11,12)13)53-65-19-21-74-76(55-65)122-46-42-118-38-34-114-30-26-110-24-28-112-32-36-116-40-44-120-74/h18-21,54-55,59-63,66-72,97-99H,14-17,22-53,56-58H2,1-13H3,(H,88,101)(H,89,106)(H,90,103)(H,91,102)(H,92,107)(H,93,104)(H,94,105)(H,95,108)(H,96,100)/t66-,67-,68-,69-,70-,71-,72-/m0/s1. The predicted octanol–water partition coefficient (Wildman–Crippen LogP) is 3.72. The number of carbonyl (C=O) groups is 9. The molecule has 0 unspecified atom stereocenters. The largest absolute Gasteiger partial charge is 0.487 e. The number of carbonyl (C=O) groups excluding carboxylic acids is 9. The first-order chi connectivity index (χ1) is 58.8. The molecule has 2 aliphatic rings. The minimum absolute atomic E-state index is 0.0175. The lowest BCUT2D eigenvalue weighted by Gasteiger charge is -2.29. The number of unbranched alkanes of at least 4 members (excludes halogenated alkanes) is 2.